The van der Waals surface area contributed by atoms with Crippen molar-refractivity contribution >= 4 is 33.5 Å². The normalized spacial score (nSPS) is 11.0. The monoisotopic (exact) mass is 391 g/mol. The van der Waals surface area contributed by atoms with Crippen molar-refractivity contribution in [1.29, 1.82) is 0 Å². The average Bonchev–Trinajstić information content (AvgIpc) is 2.69. The molecule has 0 fully saturated rings. The quantitative estimate of drug-likeness (QED) is 0.511. The number of nitrogens with one attached hydrogen (secondary N) is 1. The number of amides is 1. The smallest absolute Gasteiger partial charge is 0.262 e. The first-order valence-electron chi connectivity index (χ1n) is 9.07. The van der Waals surface area contributed by atoms with E-state index in [1.165, 1.54) is 24.3 Å². The number of rotatable bonds is 4. The maximum Gasteiger partial charge on any atom is 0.262 e. The largest absolute Gasteiger partial charge is 0.483 e. The van der Waals surface area contributed by atoms with Crippen LogP contribution in [-0.4, -0.2) is 12.5 Å². The predicted octanol–water partition coefficient (Wildman–Crippen LogP) is 4.72. The van der Waals surface area contributed by atoms with Crippen molar-refractivity contribution < 1.29 is 18.3 Å². The molecule has 0 bridgehead atoms. The van der Waals surface area contributed by atoms with E-state index in [1.807, 2.05) is 32.0 Å². The third-order valence-electron chi connectivity index (χ3n) is 4.64. The number of para-hydroxylation sites is 1. The van der Waals surface area contributed by atoms with Crippen molar-refractivity contribution in [2.45, 2.75) is 13.8 Å². The first-order chi connectivity index (χ1) is 13.9. The number of fused-ring (bicyclic) bond motifs is 2. The fourth-order valence-electron chi connectivity index (χ4n) is 3.12. The van der Waals surface area contributed by atoms with E-state index in [0.29, 0.717) is 16.8 Å². The summed E-state index contributed by atoms with van der Waals surface area (Å²) in [4.78, 5) is 24.8. The lowest BCUT2D eigenvalue weighted by Gasteiger charge is -2.11. The molecule has 0 atom stereocenters. The summed E-state index contributed by atoms with van der Waals surface area (Å²) in [5, 5.41) is 3.19. The second-order valence-corrected chi connectivity index (χ2v) is 6.86. The van der Waals surface area contributed by atoms with Gasteiger partial charge in [-0.25, -0.2) is 4.39 Å². The van der Waals surface area contributed by atoms with Crippen LogP contribution in [0.1, 0.15) is 11.1 Å². The first kappa shape index (κ1) is 18.7. The Kier molecular flexibility index (Phi) is 4.76. The van der Waals surface area contributed by atoms with Crippen LogP contribution >= 0.6 is 0 Å². The van der Waals surface area contributed by atoms with Crippen LogP contribution in [0.4, 0.5) is 10.1 Å². The standard InChI is InChI=1S/C23H18FNO4/c1-13-6-7-14(2)19(10-13)28-12-21(26)25-15-8-9-16-20(11-15)29-23-17(22(16)27)4-3-5-18(23)24/h3-11H,12H2,1-2H3,(H,25,26). The molecule has 0 aliphatic carbocycles. The molecular formula is C23H18FNO4. The molecule has 5 nitrogen and oxygen atoms in total. The second kappa shape index (κ2) is 7.39. The number of aryl methyl sites for hydroxylation is 2. The van der Waals surface area contributed by atoms with Gasteiger partial charge in [0.05, 0.1) is 10.8 Å². The molecule has 1 N–H and O–H groups in total. The van der Waals surface area contributed by atoms with E-state index in [4.69, 9.17) is 9.15 Å². The van der Waals surface area contributed by atoms with Gasteiger partial charge in [0, 0.05) is 11.8 Å². The molecule has 4 rings (SSSR count). The Morgan fingerprint density at radius 1 is 1.07 bits per heavy atom. The van der Waals surface area contributed by atoms with Gasteiger partial charge in [0.2, 0.25) is 5.43 Å². The summed E-state index contributed by atoms with van der Waals surface area (Å²) < 4.78 is 25.2. The topological polar surface area (TPSA) is 68.5 Å². The number of ether oxygens (including phenoxy) is 1. The number of hydrogen-bond donors (Lipinski definition) is 1. The summed E-state index contributed by atoms with van der Waals surface area (Å²) in [6, 6.07) is 14.6. The van der Waals surface area contributed by atoms with Gasteiger partial charge in [-0.3, -0.25) is 9.59 Å². The highest BCUT2D eigenvalue weighted by Gasteiger charge is 2.12. The van der Waals surface area contributed by atoms with Gasteiger partial charge in [-0.05, 0) is 55.3 Å². The minimum Gasteiger partial charge on any atom is -0.483 e. The van der Waals surface area contributed by atoms with Gasteiger partial charge >= 0.3 is 0 Å². The maximum absolute atomic E-state index is 14.0. The third-order valence-corrected chi connectivity index (χ3v) is 4.64. The third kappa shape index (κ3) is 3.69. The minimum absolute atomic E-state index is 0.105. The second-order valence-electron chi connectivity index (χ2n) is 6.86. The Labute approximate surface area is 165 Å². The van der Waals surface area contributed by atoms with Crippen LogP contribution in [0.3, 0.4) is 0 Å². The van der Waals surface area contributed by atoms with Crippen LogP contribution in [0.5, 0.6) is 5.75 Å². The number of anilines is 1. The molecule has 0 aliphatic rings. The molecule has 1 heterocycles. The molecule has 1 amide bonds. The van der Waals surface area contributed by atoms with Crippen LogP contribution in [0.15, 0.2) is 63.8 Å². The fourth-order valence-corrected chi connectivity index (χ4v) is 3.12. The number of hydrogen-bond acceptors (Lipinski definition) is 4. The van der Waals surface area contributed by atoms with Gasteiger partial charge in [0.15, 0.2) is 18.0 Å². The number of benzene rings is 3. The predicted molar refractivity (Wildman–Crippen MR) is 110 cm³/mol. The summed E-state index contributed by atoms with van der Waals surface area (Å²) in [5.41, 5.74) is 2.16. The molecule has 4 aromatic rings. The van der Waals surface area contributed by atoms with Crippen LogP contribution < -0.4 is 15.5 Å². The lowest BCUT2D eigenvalue weighted by Crippen LogP contribution is -2.20. The molecule has 0 saturated heterocycles. The van der Waals surface area contributed by atoms with Crippen LogP contribution in [0, 0.1) is 19.7 Å². The van der Waals surface area contributed by atoms with Crippen molar-refractivity contribution in [3.63, 3.8) is 0 Å². The summed E-state index contributed by atoms with van der Waals surface area (Å²) in [5.74, 6) is -0.330. The molecule has 146 valence electrons. The van der Waals surface area contributed by atoms with Crippen molar-refractivity contribution in [1.82, 2.24) is 0 Å². The van der Waals surface area contributed by atoms with E-state index < -0.39 is 5.82 Å². The summed E-state index contributed by atoms with van der Waals surface area (Å²) in [6.07, 6.45) is 0. The zero-order valence-electron chi connectivity index (χ0n) is 15.9. The van der Waals surface area contributed by atoms with Crippen LogP contribution in [0.2, 0.25) is 0 Å². The summed E-state index contributed by atoms with van der Waals surface area (Å²) >= 11 is 0. The molecule has 29 heavy (non-hydrogen) atoms. The lowest BCUT2D eigenvalue weighted by atomic mass is 10.1. The van der Waals surface area contributed by atoms with E-state index in [0.717, 1.165) is 11.1 Å². The SMILES string of the molecule is Cc1ccc(C)c(OCC(=O)Nc2ccc3c(=O)c4cccc(F)c4oc3c2)c1. The Morgan fingerprint density at radius 2 is 1.90 bits per heavy atom. The molecular weight excluding hydrogens is 373 g/mol. The molecule has 3 aromatic carbocycles. The summed E-state index contributed by atoms with van der Waals surface area (Å²) in [6.45, 7) is 3.68. The van der Waals surface area contributed by atoms with E-state index in [1.54, 1.807) is 12.1 Å². The highest BCUT2D eigenvalue weighted by atomic mass is 19.1. The molecule has 1 aromatic heterocycles. The van der Waals surface area contributed by atoms with Crippen molar-refractivity contribution in [2.24, 2.45) is 0 Å². The van der Waals surface area contributed by atoms with Gasteiger partial charge in [0.25, 0.3) is 5.91 Å². The highest BCUT2D eigenvalue weighted by Crippen LogP contribution is 2.24. The van der Waals surface area contributed by atoms with Gasteiger partial charge in [-0.15, -0.1) is 0 Å². The van der Waals surface area contributed by atoms with E-state index in [2.05, 4.69) is 5.32 Å². The van der Waals surface area contributed by atoms with E-state index in [-0.39, 0.29) is 34.5 Å². The van der Waals surface area contributed by atoms with Gasteiger partial charge in [-0.2, -0.15) is 0 Å². The molecule has 0 radical (unpaired) electrons. The summed E-state index contributed by atoms with van der Waals surface area (Å²) in [7, 11) is 0. The Morgan fingerprint density at radius 3 is 2.72 bits per heavy atom. The van der Waals surface area contributed by atoms with E-state index >= 15 is 0 Å². The van der Waals surface area contributed by atoms with Crippen molar-refractivity contribution in [2.75, 3.05) is 11.9 Å². The average molecular weight is 391 g/mol. The molecule has 0 saturated carbocycles. The molecule has 0 unspecified atom stereocenters. The van der Waals surface area contributed by atoms with Crippen molar-refractivity contribution in [3.05, 3.63) is 81.8 Å². The highest BCUT2D eigenvalue weighted by molar-refractivity contribution is 5.96. The maximum atomic E-state index is 14.0. The zero-order chi connectivity index (χ0) is 20.5. The lowest BCUT2D eigenvalue weighted by molar-refractivity contribution is -0.118. The van der Waals surface area contributed by atoms with Crippen LogP contribution in [0.25, 0.3) is 21.9 Å². The Balaban J connectivity index is 1.57. The van der Waals surface area contributed by atoms with Gasteiger partial charge in [0.1, 0.15) is 11.3 Å². The van der Waals surface area contributed by atoms with Crippen molar-refractivity contribution in [3.8, 4) is 5.75 Å². The van der Waals surface area contributed by atoms with Gasteiger partial charge in [-0.1, -0.05) is 18.2 Å². The number of halogens is 1. The zero-order valence-corrected chi connectivity index (χ0v) is 15.9. The van der Waals surface area contributed by atoms with Gasteiger partial charge < -0.3 is 14.5 Å². The molecule has 6 heteroatoms. The number of carbonyl (C=O) groups excluding carboxylic acids is 1. The Bertz CT molecular complexity index is 1310. The molecule has 0 spiro atoms. The minimum atomic E-state index is -0.613. The van der Waals surface area contributed by atoms with E-state index in [9.17, 15) is 14.0 Å². The number of carbonyl (C=O) groups is 1. The first-order valence-corrected chi connectivity index (χ1v) is 9.07. The fraction of sp³-hybridized carbons (Fsp3) is 0.130. The van der Waals surface area contributed by atoms with Crippen LogP contribution in [-0.2, 0) is 4.79 Å². The molecule has 0 aliphatic heterocycles. The Hall–Kier alpha value is -3.67.